The van der Waals surface area contributed by atoms with Crippen molar-refractivity contribution in [2.75, 3.05) is 5.32 Å². The van der Waals surface area contributed by atoms with Gasteiger partial charge in [-0.15, -0.1) is 0 Å². The molecule has 1 saturated heterocycles. The number of aryl methyl sites for hydroxylation is 1. The van der Waals surface area contributed by atoms with E-state index in [1.807, 2.05) is 55.5 Å². The molecule has 2 aromatic carbocycles. The van der Waals surface area contributed by atoms with Crippen molar-refractivity contribution >= 4 is 57.0 Å². The third-order valence-corrected chi connectivity index (χ3v) is 5.18. The number of benzene rings is 2. The van der Waals surface area contributed by atoms with E-state index in [9.17, 15) is 4.79 Å². The summed E-state index contributed by atoms with van der Waals surface area (Å²) in [4.78, 5) is 12.8. The van der Waals surface area contributed by atoms with Crippen molar-refractivity contribution in [1.29, 1.82) is 0 Å². The second-order valence-corrected chi connectivity index (χ2v) is 7.63. The Morgan fingerprint density at radius 2 is 2.00 bits per heavy atom. The molecule has 1 unspecified atom stereocenters. The van der Waals surface area contributed by atoms with Gasteiger partial charge in [0, 0.05) is 15.2 Å². The number of thioether (sulfide) groups is 1. The number of anilines is 1. The van der Waals surface area contributed by atoms with Crippen LogP contribution in [0.15, 0.2) is 51.8 Å². The van der Waals surface area contributed by atoms with E-state index < -0.39 is 0 Å². The Bertz CT molecular complexity index is 777. The van der Waals surface area contributed by atoms with Gasteiger partial charge in [-0.3, -0.25) is 4.79 Å². The van der Waals surface area contributed by atoms with Crippen LogP contribution in [0.5, 0.6) is 0 Å². The Labute approximate surface area is 152 Å². The molecular formula is C17H14BrClN2OS. The minimum Gasteiger partial charge on any atom is -0.356 e. The fraction of sp³-hybridized carbons (Fsp3) is 0.118. The molecule has 1 heterocycles. The summed E-state index contributed by atoms with van der Waals surface area (Å²) in [6.07, 6.45) is 1.89. The molecule has 0 radical (unpaired) electrons. The fourth-order valence-electron chi connectivity index (χ4n) is 2.17. The van der Waals surface area contributed by atoms with Crippen LogP contribution in [-0.4, -0.2) is 11.4 Å². The molecule has 1 aliphatic rings. The number of hydrogen-bond donors (Lipinski definition) is 2. The summed E-state index contributed by atoms with van der Waals surface area (Å²) in [6, 6.07) is 13.5. The fourth-order valence-corrected chi connectivity index (χ4v) is 3.58. The molecule has 0 spiro atoms. The van der Waals surface area contributed by atoms with Gasteiger partial charge < -0.3 is 10.6 Å². The van der Waals surface area contributed by atoms with Gasteiger partial charge in [0.05, 0.1) is 4.91 Å². The van der Waals surface area contributed by atoms with Gasteiger partial charge in [0.2, 0.25) is 0 Å². The quantitative estimate of drug-likeness (QED) is 0.700. The lowest BCUT2D eigenvalue weighted by Gasteiger charge is -2.15. The van der Waals surface area contributed by atoms with Crippen molar-refractivity contribution in [3.63, 3.8) is 0 Å². The number of halogens is 2. The zero-order valence-corrected chi connectivity index (χ0v) is 15.4. The van der Waals surface area contributed by atoms with Crippen LogP contribution < -0.4 is 10.6 Å². The number of carbonyl (C=O) groups is 1. The lowest BCUT2D eigenvalue weighted by atomic mass is 10.2. The Morgan fingerprint density at radius 3 is 2.74 bits per heavy atom. The Morgan fingerprint density at radius 1 is 1.26 bits per heavy atom. The Kier molecular flexibility index (Phi) is 4.99. The molecule has 2 N–H and O–H groups in total. The van der Waals surface area contributed by atoms with Crippen LogP contribution in [0.2, 0.25) is 5.02 Å². The first-order valence-electron chi connectivity index (χ1n) is 6.99. The molecule has 2 aromatic rings. The molecule has 1 amide bonds. The highest BCUT2D eigenvalue weighted by Crippen LogP contribution is 2.31. The van der Waals surface area contributed by atoms with Gasteiger partial charge in [0.15, 0.2) is 5.50 Å². The van der Waals surface area contributed by atoms with E-state index in [1.165, 1.54) is 11.8 Å². The van der Waals surface area contributed by atoms with Crippen molar-refractivity contribution in [2.45, 2.75) is 12.4 Å². The normalized spacial score (nSPS) is 19.0. The summed E-state index contributed by atoms with van der Waals surface area (Å²) in [5, 5.41) is 6.89. The smallest absolute Gasteiger partial charge is 0.260 e. The summed E-state index contributed by atoms with van der Waals surface area (Å²) in [5.41, 5.74) is 2.78. The standard InChI is InChI=1S/C17H14BrClN2OS/c1-10-2-7-13(19)9-14(10)20-17-21-16(22)15(23-17)8-11-3-5-12(18)6-4-11/h2-9,17,20H,1H3,(H,21,22)/b15-8-. The van der Waals surface area contributed by atoms with Crippen molar-refractivity contribution in [3.05, 3.63) is 68.0 Å². The van der Waals surface area contributed by atoms with Crippen LogP contribution in [-0.2, 0) is 4.79 Å². The van der Waals surface area contributed by atoms with Crippen LogP contribution in [0.1, 0.15) is 11.1 Å². The van der Waals surface area contributed by atoms with E-state index in [1.54, 1.807) is 0 Å². The average Bonchev–Trinajstić information content (AvgIpc) is 2.85. The molecular weight excluding hydrogens is 396 g/mol. The van der Waals surface area contributed by atoms with Gasteiger partial charge in [0.25, 0.3) is 5.91 Å². The molecule has 3 rings (SSSR count). The SMILES string of the molecule is Cc1ccc(Cl)cc1NC1NC(=O)/C(=C/c2ccc(Br)cc2)S1. The van der Waals surface area contributed by atoms with Gasteiger partial charge in [-0.2, -0.15) is 0 Å². The van der Waals surface area contributed by atoms with E-state index in [-0.39, 0.29) is 11.4 Å². The van der Waals surface area contributed by atoms with Gasteiger partial charge in [0.1, 0.15) is 0 Å². The zero-order valence-electron chi connectivity index (χ0n) is 12.3. The number of amides is 1. The van der Waals surface area contributed by atoms with Crippen molar-refractivity contribution in [1.82, 2.24) is 5.32 Å². The summed E-state index contributed by atoms with van der Waals surface area (Å²) >= 11 is 10.9. The lowest BCUT2D eigenvalue weighted by molar-refractivity contribution is -0.116. The highest BCUT2D eigenvalue weighted by Gasteiger charge is 2.27. The van der Waals surface area contributed by atoms with Crippen LogP contribution in [0.3, 0.4) is 0 Å². The molecule has 1 fully saturated rings. The number of rotatable bonds is 3. The molecule has 1 aliphatic heterocycles. The summed E-state index contributed by atoms with van der Waals surface area (Å²) in [5.74, 6) is -0.0740. The Hall–Kier alpha value is -1.43. The van der Waals surface area contributed by atoms with Crippen LogP contribution in [0.25, 0.3) is 6.08 Å². The third kappa shape index (κ3) is 4.10. The maximum Gasteiger partial charge on any atom is 0.260 e. The second kappa shape index (κ2) is 6.99. The van der Waals surface area contributed by atoms with E-state index in [0.717, 1.165) is 21.3 Å². The number of nitrogens with one attached hydrogen (secondary N) is 2. The predicted molar refractivity (Wildman–Crippen MR) is 101 cm³/mol. The zero-order chi connectivity index (χ0) is 16.4. The van der Waals surface area contributed by atoms with E-state index in [2.05, 4.69) is 26.6 Å². The molecule has 0 aromatic heterocycles. The first-order valence-corrected chi connectivity index (χ1v) is 9.04. The highest BCUT2D eigenvalue weighted by molar-refractivity contribution is 9.10. The van der Waals surface area contributed by atoms with Gasteiger partial charge in [-0.1, -0.05) is 57.5 Å². The minimum atomic E-state index is -0.207. The molecule has 23 heavy (non-hydrogen) atoms. The molecule has 0 aliphatic carbocycles. The van der Waals surface area contributed by atoms with E-state index in [0.29, 0.717) is 9.93 Å². The van der Waals surface area contributed by atoms with E-state index >= 15 is 0 Å². The molecule has 0 saturated carbocycles. The summed E-state index contributed by atoms with van der Waals surface area (Å²) in [6.45, 7) is 2.00. The lowest BCUT2D eigenvalue weighted by Crippen LogP contribution is -2.31. The number of hydrogen-bond acceptors (Lipinski definition) is 3. The predicted octanol–water partition coefficient (Wildman–Crippen LogP) is 5.01. The highest BCUT2D eigenvalue weighted by atomic mass is 79.9. The second-order valence-electron chi connectivity index (χ2n) is 5.14. The van der Waals surface area contributed by atoms with Crippen LogP contribution >= 0.6 is 39.3 Å². The largest absolute Gasteiger partial charge is 0.356 e. The Balaban J connectivity index is 1.74. The van der Waals surface area contributed by atoms with Crippen molar-refractivity contribution < 1.29 is 4.79 Å². The molecule has 118 valence electrons. The molecule has 0 bridgehead atoms. The first kappa shape index (κ1) is 16.4. The van der Waals surface area contributed by atoms with Crippen LogP contribution in [0, 0.1) is 6.92 Å². The summed E-state index contributed by atoms with van der Waals surface area (Å²) < 4.78 is 1.01. The van der Waals surface area contributed by atoms with Gasteiger partial charge >= 0.3 is 0 Å². The summed E-state index contributed by atoms with van der Waals surface area (Å²) in [7, 11) is 0. The van der Waals surface area contributed by atoms with E-state index in [4.69, 9.17) is 11.6 Å². The third-order valence-electron chi connectivity index (χ3n) is 3.38. The van der Waals surface area contributed by atoms with Crippen molar-refractivity contribution in [2.24, 2.45) is 0 Å². The average molecular weight is 410 g/mol. The maximum atomic E-state index is 12.1. The molecule has 6 heteroatoms. The van der Waals surface area contributed by atoms with Gasteiger partial charge in [-0.25, -0.2) is 0 Å². The number of carbonyl (C=O) groups excluding carboxylic acids is 1. The molecule has 3 nitrogen and oxygen atoms in total. The minimum absolute atomic E-state index is 0.0740. The monoisotopic (exact) mass is 408 g/mol. The first-order chi connectivity index (χ1) is 11.0. The topological polar surface area (TPSA) is 41.1 Å². The van der Waals surface area contributed by atoms with Crippen molar-refractivity contribution in [3.8, 4) is 0 Å². The van der Waals surface area contributed by atoms with Crippen LogP contribution in [0.4, 0.5) is 5.69 Å². The van der Waals surface area contributed by atoms with Gasteiger partial charge in [-0.05, 0) is 48.4 Å². The molecule has 1 atom stereocenters. The maximum absolute atomic E-state index is 12.1.